The first kappa shape index (κ1) is 12.1. The molecule has 0 bridgehead atoms. The van der Waals surface area contributed by atoms with Crippen LogP contribution in [-0.2, 0) is 0 Å². The summed E-state index contributed by atoms with van der Waals surface area (Å²) in [5, 5.41) is 0. The minimum atomic E-state index is -0.128. The fraction of sp³-hybridized carbons (Fsp3) is 0.143. The van der Waals surface area contributed by atoms with Crippen molar-refractivity contribution < 1.29 is 4.79 Å². The van der Waals surface area contributed by atoms with Gasteiger partial charge in [-0.15, -0.1) is 0 Å². The number of carbonyl (C=O) groups is 1. The van der Waals surface area contributed by atoms with Gasteiger partial charge < -0.3 is 9.88 Å². The van der Waals surface area contributed by atoms with Gasteiger partial charge >= 0.3 is 0 Å². The van der Waals surface area contributed by atoms with Crippen molar-refractivity contribution in [2.75, 3.05) is 19.0 Å². The number of aromatic nitrogens is 2. The molecule has 0 radical (unpaired) electrons. The summed E-state index contributed by atoms with van der Waals surface area (Å²) in [6.45, 7) is 0. The Morgan fingerprint density at radius 3 is 2.56 bits per heavy atom. The van der Waals surface area contributed by atoms with E-state index in [0.29, 0.717) is 5.82 Å². The molecule has 0 aliphatic carbocycles. The number of aromatic amines is 1. The third-order valence-electron chi connectivity index (χ3n) is 2.57. The van der Waals surface area contributed by atoms with Crippen molar-refractivity contribution >= 4 is 17.5 Å². The lowest BCUT2D eigenvalue weighted by molar-refractivity contribution is 0.103. The van der Waals surface area contributed by atoms with E-state index in [9.17, 15) is 4.79 Å². The van der Waals surface area contributed by atoms with Crippen molar-refractivity contribution in [2.24, 2.45) is 0 Å². The molecule has 2 aromatic rings. The third kappa shape index (κ3) is 2.85. The Morgan fingerprint density at radius 2 is 2.00 bits per heavy atom. The van der Waals surface area contributed by atoms with Crippen LogP contribution in [0.3, 0.4) is 0 Å². The second kappa shape index (κ2) is 5.31. The van der Waals surface area contributed by atoms with Crippen molar-refractivity contribution in [1.29, 1.82) is 0 Å². The van der Waals surface area contributed by atoms with Gasteiger partial charge in [0, 0.05) is 32.2 Å². The molecule has 4 nitrogen and oxygen atoms in total. The molecule has 2 rings (SSSR count). The number of H-pyrrole nitrogens is 1. The quantitative estimate of drug-likeness (QED) is 0.660. The summed E-state index contributed by atoms with van der Waals surface area (Å²) in [4.78, 5) is 20.4. The number of anilines is 1. The summed E-state index contributed by atoms with van der Waals surface area (Å²) in [7, 11) is 3.98. The molecule has 1 heterocycles. The van der Waals surface area contributed by atoms with Gasteiger partial charge in [0.05, 0.1) is 0 Å². The van der Waals surface area contributed by atoms with E-state index in [1.807, 2.05) is 43.3 Å². The minimum Gasteiger partial charge on any atom is -0.378 e. The van der Waals surface area contributed by atoms with Crippen LogP contribution in [0.15, 0.2) is 42.7 Å². The van der Waals surface area contributed by atoms with Crippen LogP contribution in [-0.4, -0.2) is 29.8 Å². The lowest BCUT2D eigenvalue weighted by atomic mass is 10.1. The Morgan fingerprint density at radius 1 is 1.28 bits per heavy atom. The van der Waals surface area contributed by atoms with Gasteiger partial charge in [0.15, 0.2) is 5.82 Å². The van der Waals surface area contributed by atoms with Gasteiger partial charge in [0.1, 0.15) is 0 Å². The van der Waals surface area contributed by atoms with Crippen LogP contribution in [0.4, 0.5) is 5.69 Å². The third-order valence-corrected chi connectivity index (χ3v) is 2.57. The second-order valence-electron chi connectivity index (χ2n) is 4.12. The highest BCUT2D eigenvalue weighted by atomic mass is 16.1. The number of hydrogen-bond acceptors (Lipinski definition) is 3. The van der Waals surface area contributed by atoms with Crippen LogP contribution in [0, 0.1) is 0 Å². The first-order valence-corrected chi connectivity index (χ1v) is 5.66. The largest absolute Gasteiger partial charge is 0.378 e. The normalized spacial score (nSPS) is 10.8. The number of ketones is 1. The molecule has 0 spiro atoms. The average Bonchev–Trinajstić information content (AvgIpc) is 2.90. The second-order valence-corrected chi connectivity index (χ2v) is 4.12. The maximum Gasteiger partial charge on any atom is 0.221 e. The van der Waals surface area contributed by atoms with Crippen LogP contribution in [0.1, 0.15) is 16.2 Å². The molecule has 0 amide bonds. The van der Waals surface area contributed by atoms with Crippen LogP contribution < -0.4 is 4.90 Å². The van der Waals surface area contributed by atoms with Gasteiger partial charge in [-0.05, 0) is 23.8 Å². The van der Waals surface area contributed by atoms with Crippen molar-refractivity contribution in [2.45, 2.75) is 0 Å². The Kier molecular flexibility index (Phi) is 3.57. The van der Waals surface area contributed by atoms with Crippen molar-refractivity contribution in [3.63, 3.8) is 0 Å². The van der Waals surface area contributed by atoms with Crippen LogP contribution >= 0.6 is 0 Å². The van der Waals surface area contributed by atoms with Crippen LogP contribution in [0.2, 0.25) is 0 Å². The Balaban J connectivity index is 2.07. The molecule has 1 aromatic carbocycles. The zero-order valence-corrected chi connectivity index (χ0v) is 10.4. The van der Waals surface area contributed by atoms with E-state index in [1.54, 1.807) is 18.5 Å². The van der Waals surface area contributed by atoms with Gasteiger partial charge in [-0.1, -0.05) is 18.2 Å². The fourth-order valence-electron chi connectivity index (χ4n) is 1.53. The summed E-state index contributed by atoms with van der Waals surface area (Å²) in [5.74, 6) is 0.229. The zero-order chi connectivity index (χ0) is 13.0. The van der Waals surface area contributed by atoms with Crippen molar-refractivity contribution in [3.05, 3.63) is 54.1 Å². The number of nitrogens with zero attached hydrogens (tertiary/aromatic N) is 2. The van der Waals surface area contributed by atoms with E-state index in [1.165, 1.54) is 6.08 Å². The predicted octanol–water partition coefficient (Wildman–Crippen LogP) is 2.37. The topological polar surface area (TPSA) is 49.0 Å². The number of carbonyl (C=O) groups excluding carboxylic acids is 1. The summed E-state index contributed by atoms with van der Waals surface area (Å²) >= 11 is 0. The molecule has 1 aromatic heterocycles. The van der Waals surface area contributed by atoms with Gasteiger partial charge in [-0.3, -0.25) is 4.79 Å². The standard InChI is InChI=1S/C14H15N3O/c1-17(2)12-6-3-11(4-7-12)5-8-13(18)14-15-9-10-16-14/h3-10H,1-2H3,(H,15,16)/b8-5+. The van der Waals surface area contributed by atoms with Crippen molar-refractivity contribution in [1.82, 2.24) is 9.97 Å². The number of nitrogens with one attached hydrogen (secondary N) is 1. The molecule has 92 valence electrons. The van der Waals surface area contributed by atoms with Gasteiger partial charge in [-0.2, -0.15) is 0 Å². The Hall–Kier alpha value is -2.36. The predicted molar refractivity (Wildman–Crippen MR) is 72.7 cm³/mol. The summed E-state index contributed by atoms with van der Waals surface area (Å²) in [6, 6.07) is 7.97. The highest BCUT2D eigenvalue weighted by Gasteiger charge is 2.02. The molecule has 18 heavy (non-hydrogen) atoms. The SMILES string of the molecule is CN(C)c1ccc(/C=C/C(=O)c2ncc[nH]2)cc1. The highest BCUT2D eigenvalue weighted by Crippen LogP contribution is 2.13. The number of imidazole rings is 1. The van der Waals surface area contributed by atoms with E-state index >= 15 is 0 Å². The maximum atomic E-state index is 11.7. The molecule has 4 heteroatoms. The molecule has 0 saturated carbocycles. The van der Waals surface area contributed by atoms with E-state index in [0.717, 1.165) is 11.3 Å². The molecule has 1 N–H and O–H groups in total. The zero-order valence-electron chi connectivity index (χ0n) is 10.4. The smallest absolute Gasteiger partial charge is 0.221 e. The van der Waals surface area contributed by atoms with Gasteiger partial charge in [-0.25, -0.2) is 4.98 Å². The van der Waals surface area contributed by atoms with Crippen LogP contribution in [0.25, 0.3) is 6.08 Å². The lowest BCUT2D eigenvalue weighted by Crippen LogP contribution is -2.07. The van der Waals surface area contributed by atoms with E-state index < -0.39 is 0 Å². The van der Waals surface area contributed by atoms with Crippen LogP contribution in [0.5, 0.6) is 0 Å². The summed E-state index contributed by atoms with van der Waals surface area (Å²) in [6.07, 6.45) is 6.49. The molecule has 0 fully saturated rings. The van der Waals surface area contributed by atoms with Gasteiger partial charge in [0.2, 0.25) is 5.78 Å². The first-order valence-electron chi connectivity index (χ1n) is 5.66. The number of allylic oxidation sites excluding steroid dienone is 1. The molecular formula is C14H15N3O. The van der Waals surface area contributed by atoms with E-state index in [4.69, 9.17) is 0 Å². The van der Waals surface area contributed by atoms with E-state index in [-0.39, 0.29) is 5.78 Å². The molecule has 0 aliphatic heterocycles. The summed E-state index contributed by atoms with van der Waals surface area (Å²) in [5.41, 5.74) is 2.12. The van der Waals surface area contributed by atoms with Gasteiger partial charge in [0.25, 0.3) is 0 Å². The monoisotopic (exact) mass is 241 g/mol. The molecule has 0 aliphatic rings. The molecule has 0 saturated heterocycles. The highest BCUT2D eigenvalue weighted by molar-refractivity contribution is 6.04. The Bertz CT molecular complexity index is 539. The summed E-state index contributed by atoms with van der Waals surface area (Å²) < 4.78 is 0. The fourth-order valence-corrected chi connectivity index (χ4v) is 1.53. The Labute approximate surface area is 106 Å². The number of hydrogen-bond donors (Lipinski definition) is 1. The van der Waals surface area contributed by atoms with Crippen molar-refractivity contribution in [3.8, 4) is 0 Å². The molecule has 0 atom stereocenters. The average molecular weight is 241 g/mol. The maximum absolute atomic E-state index is 11.7. The molecule has 0 unspecified atom stereocenters. The number of benzene rings is 1. The van der Waals surface area contributed by atoms with E-state index in [2.05, 4.69) is 9.97 Å². The minimum absolute atomic E-state index is 0.128. The number of rotatable bonds is 4. The molecular weight excluding hydrogens is 226 g/mol. The lowest BCUT2D eigenvalue weighted by Gasteiger charge is -2.11. The first-order chi connectivity index (χ1) is 8.66.